The standard InChI is InChI=1S/C10H13ClO/c1-3-7-12-10-8(2)5-4-6-9(10)11/h4-6H,3,7H2,1-2H3. The normalized spacial score (nSPS) is 9.92. The molecule has 12 heavy (non-hydrogen) atoms. The molecule has 0 saturated carbocycles. The Morgan fingerprint density at radius 1 is 1.42 bits per heavy atom. The zero-order chi connectivity index (χ0) is 8.97. The summed E-state index contributed by atoms with van der Waals surface area (Å²) in [7, 11) is 0. The minimum absolute atomic E-state index is 0.698. The number of halogens is 1. The van der Waals surface area contributed by atoms with Crippen molar-refractivity contribution in [3.05, 3.63) is 28.8 Å². The first-order valence-corrected chi connectivity index (χ1v) is 4.51. The lowest BCUT2D eigenvalue weighted by Gasteiger charge is -2.08. The van der Waals surface area contributed by atoms with Gasteiger partial charge in [-0.3, -0.25) is 0 Å². The van der Waals surface area contributed by atoms with Crippen LogP contribution in [0.5, 0.6) is 5.75 Å². The third kappa shape index (κ3) is 2.15. The van der Waals surface area contributed by atoms with E-state index in [-0.39, 0.29) is 0 Å². The number of benzene rings is 1. The van der Waals surface area contributed by atoms with Gasteiger partial charge in [0, 0.05) is 0 Å². The van der Waals surface area contributed by atoms with Gasteiger partial charge in [0.1, 0.15) is 5.75 Å². The average molecular weight is 185 g/mol. The fourth-order valence-electron chi connectivity index (χ4n) is 1.00. The van der Waals surface area contributed by atoms with Crippen molar-refractivity contribution >= 4 is 11.6 Å². The van der Waals surface area contributed by atoms with Gasteiger partial charge in [0.2, 0.25) is 0 Å². The number of hydrogen-bond donors (Lipinski definition) is 0. The largest absolute Gasteiger partial charge is 0.492 e. The molecule has 0 aliphatic carbocycles. The summed E-state index contributed by atoms with van der Waals surface area (Å²) >= 11 is 5.94. The van der Waals surface area contributed by atoms with Crippen LogP contribution in [0, 0.1) is 6.92 Å². The summed E-state index contributed by atoms with van der Waals surface area (Å²) in [5.74, 6) is 0.820. The van der Waals surface area contributed by atoms with Crippen molar-refractivity contribution in [3.8, 4) is 5.75 Å². The molecule has 0 amide bonds. The Kier molecular flexibility index (Phi) is 3.42. The minimum Gasteiger partial charge on any atom is -0.492 e. The van der Waals surface area contributed by atoms with E-state index in [9.17, 15) is 0 Å². The first-order chi connectivity index (χ1) is 5.75. The molecule has 0 bridgehead atoms. The maximum absolute atomic E-state index is 5.94. The van der Waals surface area contributed by atoms with E-state index in [1.165, 1.54) is 0 Å². The highest BCUT2D eigenvalue weighted by Gasteiger charge is 2.02. The summed E-state index contributed by atoms with van der Waals surface area (Å²) in [6.07, 6.45) is 1.00. The van der Waals surface area contributed by atoms with Gasteiger partial charge in [0.15, 0.2) is 0 Å². The van der Waals surface area contributed by atoms with E-state index >= 15 is 0 Å². The Labute approximate surface area is 78.3 Å². The molecule has 0 aliphatic heterocycles. The second kappa shape index (κ2) is 4.36. The molecule has 0 fully saturated rings. The van der Waals surface area contributed by atoms with Crippen molar-refractivity contribution in [1.29, 1.82) is 0 Å². The van der Waals surface area contributed by atoms with E-state index in [1.807, 2.05) is 25.1 Å². The summed E-state index contributed by atoms with van der Waals surface area (Å²) in [4.78, 5) is 0. The van der Waals surface area contributed by atoms with E-state index in [1.54, 1.807) is 0 Å². The Morgan fingerprint density at radius 3 is 2.75 bits per heavy atom. The van der Waals surface area contributed by atoms with Crippen LogP contribution in [0.3, 0.4) is 0 Å². The van der Waals surface area contributed by atoms with Gasteiger partial charge < -0.3 is 4.74 Å². The number of hydrogen-bond acceptors (Lipinski definition) is 1. The van der Waals surface area contributed by atoms with Crippen LogP contribution < -0.4 is 4.74 Å². The summed E-state index contributed by atoms with van der Waals surface area (Å²) in [6, 6.07) is 5.77. The highest BCUT2D eigenvalue weighted by Crippen LogP contribution is 2.27. The monoisotopic (exact) mass is 184 g/mol. The molecule has 2 heteroatoms. The Bertz CT molecular complexity index is 238. The molecule has 0 spiro atoms. The van der Waals surface area contributed by atoms with Gasteiger partial charge in [-0.2, -0.15) is 0 Å². The Hall–Kier alpha value is -0.690. The topological polar surface area (TPSA) is 9.23 Å². The zero-order valence-electron chi connectivity index (χ0n) is 7.43. The van der Waals surface area contributed by atoms with Crippen LogP contribution in [0.1, 0.15) is 18.9 Å². The average Bonchev–Trinajstić information content (AvgIpc) is 2.04. The zero-order valence-corrected chi connectivity index (χ0v) is 8.19. The predicted octanol–water partition coefficient (Wildman–Crippen LogP) is 3.44. The molecule has 0 aliphatic rings. The fraction of sp³-hybridized carbons (Fsp3) is 0.400. The molecule has 0 aromatic heterocycles. The lowest BCUT2D eigenvalue weighted by atomic mass is 10.2. The van der Waals surface area contributed by atoms with Crippen molar-refractivity contribution in [1.82, 2.24) is 0 Å². The predicted molar refractivity (Wildman–Crippen MR) is 52.0 cm³/mol. The molecule has 0 radical (unpaired) electrons. The molecular formula is C10H13ClO. The van der Waals surface area contributed by atoms with Gasteiger partial charge in [-0.05, 0) is 25.0 Å². The summed E-state index contributed by atoms with van der Waals surface area (Å²) in [6.45, 7) is 4.80. The third-order valence-corrected chi connectivity index (χ3v) is 1.91. The lowest BCUT2D eigenvalue weighted by Crippen LogP contribution is -1.97. The molecular weight excluding hydrogens is 172 g/mol. The van der Waals surface area contributed by atoms with Crippen LogP contribution in [0.15, 0.2) is 18.2 Å². The van der Waals surface area contributed by atoms with Gasteiger partial charge in [0.05, 0.1) is 11.6 Å². The van der Waals surface area contributed by atoms with E-state index in [4.69, 9.17) is 16.3 Å². The molecule has 1 aromatic carbocycles. The first kappa shape index (κ1) is 9.40. The smallest absolute Gasteiger partial charge is 0.140 e. The van der Waals surface area contributed by atoms with Crippen molar-refractivity contribution in [2.45, 2.75) is 20.3 Å². The highest BCUT2D eigenvalue weighted by atomic mass is 35.5. The lowest BCUT2D eigenvalue weighted by molar-refractivity contribution is 0.315. The highest BCUT2D eigenvalue weighted by molar-refractivity contribution is 6.32. The number of para-hydroxylation sites is 1. The molecule has 0 atom stereocenters. The molecule has 66 valence electrons. The van der Waals surface area contributed by atoms with Crippen LogP contribution in [-0.4, -0.2) is 6.61 Å². The van der Waals surface area contributed by atoms with Gasteiger partial charge in [-0.1, -0.05) is 30.7 Å². The van der Waals surface area contributed by atoms with E-state index in [2.05, 4.69) is 6.92 Å². The van der Waals surface area contributed by atoms with Crippen molar-refractivity contribution in [2.75, 3.05) is 6.61 Å². The van der Waals surface area contributed by atoms with Crippen LogP contribution >= 0.6 is 11.6 Å². The second-order valence-electron chi connectivity index (χ2n) is 2.73. The summed E-state index contributed by atoms with van der Waals surface area (Å²) < 4.78 is 5.48. The van der Waals surface area contributed by atoms with Crippen LogP contribution in [0.4, 0.5) is 0 Å². The van der Waals surface area contributed by atoms with E-state index < -0.39 is 0 Å². The maximum Gasteiger partial charge on any atom is 0.140 e. The first-order valence-electron chi connectivity index (χ1n) is 4.13. The quantitative estimate of drug-likeness (QED) is 0.700. The van der Waals surface area contributed by atoms with Gasteiger partial charge in [-0.15, -0.1) is 0 Å². The SMILES string of the molecule is CCCOc1c(C)cccc1Cl. The van der Waals surface area contributed by atoms with Crippen molar-refractivity contribution in [2.24, 2.45) is 0 Å². The van der Waals surface area contributed by atoms with E-state index in [0.29, 0.717) is 5.02 Å². The maximum atomic E-state index is 5.94. The van der Waals surface area contributed by atoms with Crippen LogP contribution in [0.2, 0.25) is 5.02 Å². The van der Waals surface area contributed by atoms with Gasteiger partial charge >= 0.3 is 0 Å². The molecule has 1 aromatic rings. The molecule has 1 rings (SSSR count). The third-order valence-electron chi connectivity index (χ3n) is 1.61. The van der Waals surface area contributed by atoms with Crippen molar-refractivity contribution < 1.29 is 4.74 Å². The minimum atomic E-state index is 0.698. The van der Waals surface area contributed by atoms with Gasteiger partial charge in [0.25, 0.3) is 0 Å². The molecule has 1 nitrogen and oxygen atoms in total. The van der Waals surface area contributed by atoms with Crippen LogP contribution in [0.25, 0.3) is 0 Å². The van der Waals surface area contributed by atoms with Crippen LogP contribution in [-0.2, 0) is 0 Å². The van der Waals surface area contributed by atoms with Crippen molar-refractivity contribution in [3.63, 3.8) is 0 Å². The van der Waals surface area contributed by atoms with Gasteiger partial charge in [-0.25, -0.2) is 0 Å². The summed E-state index contributed by atoms with van der Waals surface area (Å²) in [5.41, 5.74) is 1.09. The molecule has 0 saturated heterocycles. The second-order valence-corrected chi connectivity index (χ2v) is 3.14. The fourth-order valence-corrected chi connectivity index (χ4v) is 1.28. The number of ether oxygens (including phenoxy) is 1. The molecule has 0 N–H and O–H groups in total. The number of rotatable bonds is 3. The number of aryl methyl sites for hydroxylation is 1. The molecule has 0 heterocycles. The van der Waals surface area contributed by atoms with E-state index in [0.717, 1.165) is 24.3 Å². The Morgan fingerprint density at radius 2 is 2.17 bits per heavy atom. The molecule has 0 unspecified atom stereocenters. The Balaban J connectivity index is 2.81. The summed E-state index contributed by atoms with van der Waals surface area (Å²) in [5, 5.41) is 0.698.